The third kappa shape index (κ3) is 4.16. The fourth-order valence-corrected chi connectivity index (χ4v) is 3.10. The fourth-order valence-electron chi connectivity index (χ4n) is 1.70. The van der Waals surface area contributed by atoms with Gasteiger partial charge < -0.3 is 15.6 Å². The number of benzene rings is 1. The SMILES string of the molecule is COc1ccc(S(=O)(=O)NC(CO)C(C)C)cc1C(N)=O. The Bertz CT molecular complexity index is 613. The van der Waals surface area contributed by atoms with Crippen molar-refractivity contribution in [1.29, 1.82) is 0 Å². The Hall–Kier alpha value is -1.64. The van der Waals surface area contributed by atoms with Gasteiger partial charge in [0.25, 0.3) is 5.91 Å². The first kappa shape index (κ1) is 17.4. The van der Waals surface area contributed by atoms with E-state index < -0.39 is 22.0 Å². The summed E-state index contributed by atoms with van der Waals surface area (Å²) < 4.78 is 31.9. The van der Waals surface area contributed by atoms with Gasteiger partial charge in [0.2, 0.25) is 10.0 Å². The van der Waals surface area contributed by atoms with Crippen molar-refractivity contribution in [3.8, 4) is 5.75 Å². The van der Waals surface area contributed by atoms with Crippen LogP contribution in [-0.4, -0.2) is 39.2 Å². The zero-order valence-corrected chi connectivity index (χ0v) is 13.0. The van der Waals surface area contributed by atoms with Crippen LogP contribution >= 0.6 is 0 Å². The van der Waals surface area contributed by atoms with E-state index in [-0.39, 0.29) is 28.7 Å². The lowest BCUT2D eigenvalue weighted by Crippen LogP contribution is -2.41. The van der Waals surface area contributed by atoms with Gasteiger partial charge in [0, 0.05) is 6.04 Å². The van der Waals surface area contributed by atoms with Crippen molar-refractivity contribution in [2.24, 2.45) is 11.7 Å². The second-order valence-corrected chi connectivity index (χ2v) is 6.59. The molecule has 0 heterocycles. The maximum Gasteiger partial charge on any atom is 0.252 e. The van der Waals surface area contributed by atoms with E-state index >= 15 is 0 Å². The van der Waals surface area contributed by atoms with E-state index in [4.69, 9.17) is 10.5 Å². The number of aliphatic hydroxyl groups excluding tert-OH is 1. The summed E-state index contributed by atoms with van der Waals surface area (Å²) in [5.74, 6) is -0.672. The molecule has 0 aliphatic carbocycles. The standard InChI is InChI=1S/C13H20N2O5S/c1-8(2)11(7-16)15-21(18,19)9-4-5-12(20-3)10(6-9)13(14)17/h4-6,8,11,15-16H,7H2,1-3H3,(H2,14,17). The van der Waals surface area contributed by atoms with Gasteiger partial charge in [0.15, 0.2) is 0 Å². The molecule has 1 aromatic rings. The lowest BCUT2D eigenvalue weighted by molar-refractivity contribution is 0.0997. The Labute approximate surface area is 124 Å². The van der Waals surface area contributed by atoms with Crippen LogP contribution in [0.15, 0.2) is 23.1 Å². The molecule has 7 nitrogen and oxygen atoms in total. The molecular weight excluding hydrogens is 296 g/mol. The van der Waals surface area contributed by atoms with Crippen LogP contribution in [0, 0.1) is 5.92 Å². The largest absolute Gasteiger partial charge is 0.496 e. The molecule has 4 N–H and O–H groups in total. The summed E-state index contributed by atoms with van der Waals surface area (Å²) in [6.07, 6.45) is 0. The number of nitrogens with one attached hydrogen (secondary N) is 1. The number of aliphatic hydroxyl groups is 1. The first-order valence-electron chi connectivity index (χ1n) is 6.34. The van der Waals surface area contributed by atoms with E-state index in [0.29, 0.717) is 0 Å². The van der Waals surface area contributed by atoms with Gasteiger partial charge >= 0.3 is 0 Å². The number of carbonyl (C=O) groups is 1. The third-order valence-corrected chi connectivity index (χ3v) is 4.54. The van der Waals surface area contributed by atoms with Crippen molar-refractivity contribution in [3.05, 3.63) is 23.8 Å². The maximum atomic E-state index is 12.3. The molecule has 0 saturated heterocycles. The monoisotopic (exact) mass is 316 g/mol. The molecule has 0 spiro atoms. The normalized spacial score (nSPS) is 13.2. The van der Waals surface area contributed by atoms with Gasteiger partial charge in [-0.15, -0.1) is 0 Å². The van der Waals surface area contributed by atoms with Crippen molar-refractivity contribution in [2.45, 2.75) is 24.8 Å². The summed E-state index contributed by atoms with van der Waals surface area (Å²) in [4.78, 5) is 11.2. The molecule has 1 atom stereocenters. The van der Waals surface area contributed by atoms with Crippen molar-refractivity contribution in [1.82, 2.24) is 4.72 Å². The van der Waals surface area contributed by atoms with Crippen LogP contribution in [0.5, 0.6) is 5.75 Å². The van der Waals surface area contributed by atoms with Crippen molar-refractivity contribution in [3.63, 3.8) is 0 Å². The molecule has 8 heteroatoms. The Balaban J connectivity index is 3.20. The Kier molecular flexibility index (Phi) is 5.70. The number of hydrogen-bond acceptors (Lipinski definition) is 5. The van der Waals surface area contributed by atoms with Crippen LogP contribution in [0.4, 0.5) is 0 Å². The van der Waals surface area contributed by atoms with Crippen LogP contribution < -0.4 is 15.2 Å². The van der Waals surface area contributed by atoms with Crippen LogP contribution in [0.1, 0.15) is 24.2 Å². The van der Waals surface area contributed by atoms with Crippen LogP contribution in [-0.2, 0) is 10.0 Å². The molecule has 1 aromatic carbocycles. The Morgan fingerprint density at radius 2 is 2.05 bits per heavy atom. The zero-order valence-electron chi connectivity index (χ0n) is 12.2. The second kappa shape index (κ2) is 6.88. The fraction of sp³-hybridized carbons (Fsp3) is 0.462. The predicted molar refractivity (Wildman–Crippen MR) is 77.5 cm³/mol. The molecule has 1 unspecified atom stereocenters. The summed E-state index contributed by atoms with van der Waals surface area (Å²) in [5, 5.41) is 9.21. The molecule has 1 amide bonds. The summed E-state index contributed by atoms with van der Waals surface area (Å²) in [6, 6.07) is 3.20. The van der Waals surface area contributed by atoms with Crippen molar-refractivity contribution in [2.75, 3.05) is 13.7 Å². The number of rotatable bonds is 7. The number of carbonyl (C=O) groups excluding carboxylic acids is 1. The minimum absolute atomic E-state index is 0.0227. The van der Waals surface area contributed by atoms with E-state index in [0.717, 1.165) is 6.07 Å². The second-order valence-electron chi connectivity index (χ2n) is 4.88. The van der Waals surface area contributed by atoms with Gasteiger partial charge in [-0.05, 0) is 24.1 Å². The Morgan fingerprint density at radius 3 is 2.48 bits per heavy atom. The molecule has 0 radical (unpaired) electrons. The number of amides is 1. The number of methoxy groups -OCH3 is 1. The highest BCUT2D eigenvalue weighted by molar-refractivity contribution is 7.89. The van der Waals surface area contributed by atoms with Crippen LogP contribution in [0.25, 0.3) is 0 Å². The number of hydrogen-bond donors (Lipinski definition) is 3. The Morgan fingerprint density at radius 1 is 1.43 bits per heavy atom. The van der Waals surface area contributed by atoms with Gasteiger partial charge in [0.1, 0.15) is 5.75 Å². The van der Waals surface area contributed by atoms with Crippen LogP contribution in [0.2, 0.25) is 0 Å². The highest BCUT2D eigenvalue weighted by atomic mass is 32.2. The highest BCUT2D eigenvalue weighted by Gasteiger charge is 2.23. The van der Waals surface area contributed by atoms with E-state index in [1.165, 1.54) is 19.2 Å². The number of primary amides is 1. The molecule has 21 heavy (non-hydrogen) atoms. The summed E-state index contributed by atoms with van der Waals surface area (Å²) in [6.45, 7) is 3.24. The molecule has 0 saturated carbocycles. The predicted octanol–water partition coefficient (Wildman–Crippen LogP) is 0.0893. The average Bonchev–Trinajstić information content (AvgIpc) is 2.43. The smallest absolute Gasteiger partial charge is 0.252 e. The van der Waals surface area contributed by atoms with Gasteiger partial charge in [-0.2, -0.15) is 0 Å². The van der Waals surface area contributed by atoms with E-state index in [1.54, 1.807) is 13.8 Å². The average molecular weight is 316 g/mol. The summed E-state index contributed by atoms with van der Waals surface area (Å²) in [5.41, 5.74) is 5.18. The summed E-state index contributed by atoms with van der Waals surface area (Å²) >= 11 is 0. The third-order valence-electron chi connectivity index (χ3n) is 3.05. The molecule has 0 aromatic heterocycles. The van der Waals surface area contributed by atoms with Crippen molar-refractivity contribution >= 4 is 15.9 Å². The lowest BCUT2D eigenvalue weighted by Gasteiger charge is -2.20. The molecule has 0 aliphatic rings. The van der Waals surface area contributed by atoms with Gasteiger partial charge in [0.05, 0.1) is 24.2 Å². The van der Waals surface area contributed by atoms with Crippen LogP contribution in [0.3, 0.4) is 0 Å². The quantitative estimate of drug-likeness (QED) is 0.658. The number of nitrogens with two attached hydrogens (primary N) is 1. The molecule has 0 aliphatic heterocycles. The zero-order chi connectivity index (χ0) is 16.2. The topological polar surface area (TPSA) is 119 Å². The molecule has 118 valence electrons. The van der Waals surface area contributed by atoms with Gasteiger partial charge in [-0.1, -0.05) is 13.8 Å². The molecule has 1 rings (SSSR count). The van der Waals surface area contributed by atoms with E-state index in [1.807, 2.05) is 0 Å². The summed E-state index contributed by atoms with van der Waals surface area (Å²) in [7, 11) is -2.52. The van der Waals surface area contributed by atoms with Gasteiger partial charge in [-0.3, -0.25) is 4.79 Å². The minimum atomic E-state index is -3.87. The number of ether oxygens (including phenoxy) is 1. The number of sulfonamides is 1. The molecular formula is C13H20N2O5S. The first-order valence-corrected chi connectivity index (χ1v) is 7.82. The van der Waals surface area contributed by atoms with Crippen molar-refractivity contribution < 1.29 is 23.1 Å². The van der Waals surface area contributed by atoms with Gasteiger partial charge in [-0.25, -0.2) is 13.1 Å². The van der Waals surface area contributed by atoms with E-state index in [2.05, 4.69) is 4.72 Å². The molecule has 0 fully saturated rings. The maximum absolute atomic E-state index is 12.3. The first-order chi connectivity index (χ1) is 9.72. The highest BCUT2D eigenvalue weighted by Crippen LogP contribution is 2.22. The lowest BCUT2D eigenvalue weighted by atomic mass is 10.1. The minimum Gasteiger partial charge on any atom is -0.496 e. The molecule has 0 bridgehead atoms. The van der Waals surface area contributed by atoms with E-state index in [9.17, 15) is 18.3 Å².